The van der Waals surface area contributed by atoms with E-state index in [1.807, 2.05) is 6.07 Å². The van der Waals surface area contributed by atoms with Gasteiger partial charge in [0.15, 0.2) is 0 Å². The fraction of sp³-hybridized carbons (Fsp3) is 0.571. The Morgan fingerprint density at radius 1 is 1.47 bits per heavy atom. The second kappa shape index (κ2) is 3.98. The van der Waals surface area contributed by atoms with Crippen LogP contribution < -0.4 is 10.2 Å². The van der Waals surface area contributed by atoms with Crippen molar-refractivity contribution < 1.29 is 4.39 Å². The Kier molecular flexibility index (Phi) is 2.58. The standard InChI is InChI=1S/C14H19FN2/c1-14(6-2-7-16-14)10-17-8-5-11-3-4-12(15)9-13(11)17/h3-4,9,16H,2,5-8,10H2,1H3. The molecule has 2 aliphatic rings. The molecule has 1 saturated heterocycles. The van der Waals surface area contributed by atoms with Crippen molar-refractivity contribution in [1.82, 2.24) is 5.32 Å². The zero-order chi connectivity index (χ0) is 11.9. The SMILES string of the molecule is CC1(CN2CCc3ccc(F)cc32)CCCN1. The number of nitrogens with zero attached hydrogens (tertiary/aromatic N) is 1. The van der Waals surface area contributed by atoms with Gasteiger partial charge in [-0.05, 0) is 50.4 Å². The van der Waals surface area contributed by atoms with Gasteiger partial charge in [-0.3, -0.25) is 0 Å². The number of hydrogen-bond acceptors (Lipinski definition) is 2. The van der Waals surface area contributed by atoms with E-state index in [1.54, 1.807) is 12.1 Å². The Morgan fingerprint density at radius 2 is 2.35 bits per heavy atom. The van der Waals surface area contributed by atoms with Gasteiger partial charge < -0.3 is 10.2 Å². The van der Waals surface area contributed by atoms with Gasteiger partial charge in [-0.2, -0.15) is 0 Å². The third-order valence-corrected chi connectivity index (χ3v) is 4.04. The van der Waals surface area contributed by atoms with Gasteiger partial charge in [-0.25, -0.2) is 4.39 Å². The lowest BCUT2D eigenvalue weighted by Crippen LogP contribution is -2.47. The smallest absolute Gasteiger partial charge is 0.125 e. The minimum atomic E-state index is -0.125. The van der Waals surface area contributed by atoms with Crippen LogP contribution in [0.2, 0.25) is 0 Å². The third kappa shape index (κ3) is 2.04. The van der Waals surface area contributed by atoms with Crippen molar-refractivity contribution in [1.29, 1.82) is 0 Å². The van der Waals surface area contributed by atoms with Gasteiger partial charge >= 0.3 is 0 Å². The zero-order valence-corrected chi connectivity index (χ0v) is 10.3. The summed E-state index contributed by atoms with van der Waals surface area (Å²) in [7, 11) is 0. The molecule has 3 heteroatoms. The second-order valence-corrected chi connectivity index (χ2v) is 5.54. The van der Waals surface area contributed by atoms with Gasteiger partial charge in [0.2, 0.25) is 0 Å². The molecule has 1 fully saturated rings. The normalized spacial score (nSPS) is 27.5. The Labute approximate surface area is 102 Å². The van der Waals surface area contributed by atoms with E-state index in [1.165, 1.54) is 18.4 Å². The van der Waals surface area contributed by atoms with Crippen molar-refractivity contribution in [2.45, 2.75) is 31.7 Å². The van der Waals surface area contributed by atoms with Crippen LogP contribution in [-0.4, -0.2) is 25.2 Å². The molecule has 2 nitrogen and oxygen atoms in total. The lowest BCUT2D eigenvalue weighted by atomic mass is 9.99. The van der Waals surface area contributed by atoms with Crippen LogP contribution in [0.25, 0.3) is 0 Å². The second-order valence-electron chi connectivity index (χ2n) is 5.54. The first kappa shape index (κ1) is 11.0. The molecule has 0 radical (unpaired) electrons. The van der Waals surface area contributed by atoms with Crippen LogP contribution in [0.4, 0.5) is 10.1 Å². The number of fused-ring (bicyclic) bond motifs is 1. The first-order chi connectivity index (χ1) is 8.16. The van der Waals surface area contributed by atoms with E-state index >= 15 is 0 Å². The van der Waals surface area contributed by atoms with Gasteiger partial charge in [-0.15, -0.1) is 0 Å². The van der Waals surface area contributed by atoms with E-state index in [9.17, 15) is 4.39 Å². The van der Waals surface area contributed by atoms with Crippen LogP contribution in [-0.2, 0) is 6.42 Å². The van der Waals surface area contributed by atoms with Crippen molar-refractivity contribution in [2.75, 3.05) is 24.5 Å². The van der Waals surface area contributed by atoms with Gasteiger partial charge in [0.05, 0.1) is 0 Å². The molecule has 1 aromatic rings. The predicted molar refractivity (Wildman–Crippen MR) is 68.0 cm³/mol. The summed E-state index contributed by atoms with van der Waals surface area (Å²) in [5.74, 6) is -0.125. The molecule has 2 aliphatic heterocycles. The van der Waals surface area contributed by atoms with Crippen molar-refractivity contribution >= 4 is 5.69 Å². The quantitative estimate of drug-likeness (QED) is 0.845. The van der Waals surface area contributed by atoms with E-state index in [2.05, 4.69) is 17.1 Å². The van der Waals surface area contributed by atoms with Gasteiger partial charge in [0.1, 0.15) is 5.82 Å². The molecule has 3 rings (SSSR count). The Morgan fingerprint density at radius 3 is 3.12 bits per heavy atom. The summed E-state index contributed by atoms with van der Waals surface area (Å²) in [6, 6.07) is 5.17. The predicted octanol–water partition coefficient (Wildman–Crippen LogP) is 2.33. The Balaban J connectivity index is 1.81. The van der Waals surface area contributed by atoms with Gasteiger partial charge in [0.25, 0.3) is 0 Å². The average Bonchev–Trinajstić information content (AvgIpc) is 2.87. The monoisotopic (exact) mass is 234 g/mol. The van der Waals surface area contributed by atoms with Crippen LogP contribution >= 0.6 is 0 Å². The number of rotatable bonds is 2. The summed E-state index contributed by atoms with van der Waals surface area (Å²) in [6.07, 6.45) is 3.51. The topological polar surface area (TPSA) is 15.3 Å². The first-order valence-electron chi connectivity index (χ1n) is 6.45. The van der Waals surface area contributed by atoms with Crippen LogP contribution in [0, 0.1) is 5.82 Å². The molecular weight excluding hydrogens is 215 g/mol. The molecule has 0 amide bonds. The largest absolute Gasteiger partial charge is 0.369 e. The van der Waals surface area contributed by atoms with E-state index in [4.69, 9.17) is 0 Å². The highest BCUT2D eigenvalue weighted by molar-refractivity contribution is 5.58. The van der Waals surface area contributed by atoms with Crippen molar-refractivity contribution in [3.05, 3.63) is 29.6 Å². The molecule has 0 bridgehead atoms. The molecule has 17 heavy (non-hydrogen) atoms. The highest BCUT2D eigenvalue weighted by atomic mass is 19.1. The van der Waals surface area contributed by atoms with Crippen LogP contribution in [0.15, 0.2) is 18.2 Å². The van der Waals surface area contributed by atoms with Gasteiger partial charge in [0, 0.05) is 24.3 Å². The third-order valence-electron chi connectivity index (χ3n) is 4.04. The highest BCUT2D eigenvalue weighted by Gasteiger charge is 2.32. The summed E-state index contributed by atoms with van der Waals surface area (Å²) < 4.78 is 13.3. The summed E-state index contributed by atoms with van der Waals surface area (Å²) in [5.41, 5.74) is 2.58. The van der Waals surface area contributed by atoms with Crippen LogP contribution in [0.3, 0.4) is 0 Å². The maximum atomic E-state index is 13.3. The van der Waals surface area contributed by atoms with E-state index < -0.39 is 0 Å². The minimum absolute atomic E-state index is 0.125. The number of nitrogens with one attached hydrogen (secondary N) is 1. The Hall–Kier alpha value is -1.09. The molecule has 0 spiro atoms. The molecule has 1 unspecified atom stereocenters. The zero-order valence-electron chi connectivity index (χ0n) is 10.3. The molecule has 1 aromatic carbocycles. The molecule has 92 valence electrons. The summed E-state index contributed by atoms with van der Waals surface area (Å²) in [5, 5.41) is 3.57. The van der Waals surface area contributed by atoms with E-state index in [0.717, 1.165) is 31.7 Å². The molecule has 0 aromatic heterocycles. The first-order valence-corrected chi connectivity index (χ1v) is 6.45. The summed E-state index contributed by atoms with van der Waals surface area (Å²) in [6.45, 7) is 5.40. The van der Waals surface area contributed by atoms with Crippen LogP contribution in [0.1, 0.15) is 25.3 Å². The maximum absolute atomic E-state index is 13.3. The van der Waals surface area contributed by atoms with Crippen molar-refractivity contribution in [2.24, 2.45) is 0 Å². The molecule has 0 aliphatic carbocycles. The molecular formula is C14H19FN2. The fourth-order valence-electron chi connectivity index (χ4n) is 3.10. The Bertz CT molecular complexity index is 424. The molecule has 0 saturated carbocycles. The lowest BCUT2D eigenvalue weighted by molar-refractivity contribution is 0.414. The molecule has 1 N–H and O–H groups in total. The summed E-state index contributed by atoms with van der Waals surface area (Å²) in [4.78, 5) is 2.33. The van der Waals surface area contributed by atoms with Crippen LogP contribution in [0.5, 0.6) is 0 Å². The lowest BCUT2D eigenvalue weighted by Gasteiger charge is -2.31. The summed E-state index contributed by atoms with van der Waals surface area (Å²) >= 11 is 0. The number of halogens is 1. The van der Waals surface area contributed by atoms with E-state index in [0.29, 0.717) is 0 Å². The molecule has 2 heterocycles. The number of anilines is 1. The molecule has 1 atom stereocenters. The average molecular weight is 234 g/mol. The van der Waals surface area contributed by atoms with E-state index in [-0.39, 0.29) is 11.4 Å². The maximum Gasteiger partial charge on any atom is 0.125 e. The highest BCUT2D eigenvalue weighted by Crippen LogP contribution is 2.31. The van der Waals surface area contributed by atoms with Gasteiger partial charge in [-0.1, -0.05) is 6.07 Å². The fourth-order valence-corrected chi connectivity index (χ4v) is 3.10. The minimum Gasteiger partial charge on any atom is -0.369 e. The van der Waals surface area contributed by atoms with Crippen molar-refractivity contribution in [3.63, 3.8) is 0 Å². The number of benzene rings is 1. The van der Waals surface area contributed by atoms with Crippen molar-refractivity contribution in [3.8, 4) is 0 Å². The number of hydrogen-bond donors (Lipinski definition) is 1.